The van der Waals surface area contributed by atoms with E-state index < -0.39 is 38.4 Å². The van der Waals surface area contributed by atoms with Gasteiger partial charge in [-0.25, -0.2) is 22.3 Å². The molecule has 1 aliphatic carbocycles. The van der Waals surface area contributed by atoms with Crippen LogP contribution >= 0.6 is 0 Å². The number of nitrogens with one attached hydrogen (secondary N) is 1. The van der Waals surface area contributed by atoms with Crippen LogP contribution in [0.1, 0.15) is 36.7 Å². The maximum atomic E-state index is 14.4. The number of aromatic nitrogens is 1. The molecule has 0 aromatic carbocycles. The zero-order valence-corrected chi connectivity index (χ0v) is 13.9. The monoisotopic (exact) mass is 348 g/mol. The van der Waals surface area contributed by atoms with E-state index in [1.54, 1.807) is 6.92 Å². The van der Waals surface area contributed by atoms with Crippen molar-refractivity contribution in [2.75, 3.05) is 13.2 Å². The predicted molar refractivity (Wildman–Crippen MR) is 79.9 cm³/mol. The third kappa shape index (κ3) is 3.56. The highest BCUT2D eigenvalue weighted by Gasteiger charge is 2.34. The molecule has 1 aromatic heterocycles. The number of aliphatic hydroxyl groups excluding tert-OH is 1. The molecule has 1 fully saturated rings. The van der Waals surface area contributed by atoms with Gasteiger partial charge in [-0.15, -0.1) is 0 Å². The number of nitrogens with zero attached hydrogens (tertiary/aromatic N) is 1. The van der Waals surface area contributed by atoms with E-state index in [-0.39, 0.29) is 19.1 Å². The second-order valence-corrected chi connectivity index (χ2v) is 7.27. The molecule has 1 saturated carbocycles. The van der Waals surface area contributed by atoms with Crippen molar-refractivity contribution in [3.05, 3.63) is 17.7 Å². The normalized spacial score (nSPS) is 21.6. The quantitative estimate of drug-likeness (QED) is 0.741. The van der Waals surface area contributed by atoms with Gasteiger partial charge in [0.15, 0.2) is 11.5 Å². The molecule has 23 heavy (non-hydrogen) atoms. The van der Waals surface area contributed by atoms with Crippen LogP contribution in [0.3, 0.4) is 0 Å². The van der Waals surface area contributed by atoms with E-state index in [1.165, 1.54) is 7.05 Å². The number of hydrogen-bond acceptors (Lipinski definition) is 5. The van der Waals surface area contributed by atoms with Crippen molar-refractivity contribution < 1.29 is 27.4 Å². The van der Waals surface area contributed by atoms with Crippen LogP contribution in [0.15, 0.2) is 11.1 Å². The minimum absolute atomic E-state index is 0.0596. The van der Waals surface area contributed by atoms with Gasteiger partial charge >= 0.3 is 5.97 Å². The first-order chi connectivity index (χ1) is 10.8. The highest BCUT2D eigenvalue weighted by molar-refractivity contribution is 7.89. The molecule has 1 aliphatic rings. The molecule has 0 bridgehead atoms. The molecule has 0 amide bonds. The predicted octanol–water partition coefficient (Wildman–Crippen LogP) is 0.780. The van der Waals surface area contributed by atoms with Crippen LogP contribution in [0.5, 0.6) is 0 Å². The minimum atomic E-state index is -4.13. The van der Waals surface area contributed by atoms with Crippen molar-refractivity contribution in [1.29, 1.82) is 0 Å². The second-order valence-electron chi connectivity index (χ2n) is 5.59. The smallest absolute Gasteiger partial charge is 0.358 e. The molecule has 0 spiro atoms. The Morgan fingerprint density at radius 1 is 1.52 bits per heavy atom. The first-order valence-electron chi connectivity index (χ1n) is 7.47. The number of carbonyl (C=O) groups excluding carboxylic acids is 1. The molecular formula is C14H21FN2O5S. The average molecular weight is 348 g/mol. The molecule has 7 nitrogen and oxygen atoms in total. The fraction of sp³-hybridized carbons (Fsp3) is 0.643. The van der Waals surface area contributed by atoms with Gasteiger partial charge in [0.25, 0.3) is 0 Å². The lowest BCUT2D eigenvalue weighted by Gasteiger charge is -2.18. The van der Waals surface area contributed by atoms with Crippen LogP contribution in [0.25, 0.3) is 0 Å². The molecule has 0 radical (unpaired) electrons. The summed E-state index contributed by atoms with van der Waals surface area (Å²) >= 11 is 0. The summed E-state index contributed by atoms with van der Waals surface area (Å²) in [5.41, 5.74) is -0.433. The summed E-state index contributed by atoms with van der Waals surface area (Å²) in [6.45, 7) is 1.51. The van der Waals surface area contributed by atoms with E-state index >= 15 is 0 Å². The van der Waals surface area contributed by atoms with Gasteiger partial charge in [-0.05, 0) is 25.7 Å². The summed E-state index contributed by atoms with van der Waals surface area (Å²) in [6, 6.07) is -0.435. The Kier molecular flexibility index (Phi) is 5.43. The molecule has 1 unspecified atom stereocenters. The molecule has 0 aliphatic heterocycles. The molecule has 1 heterocycles. The van der Waals surface area contributed by atoms with Crippen molar-refractivity contribution in [3.63, 3.8) is 0 Å². The molecule has 2 rings (SSSR count). The Hall–Kier alpha value is -1.45. The summed E-state index contributed by atoms with van der Waals surface area (Å²) in [7, 11) is -2.76. The number of aryl methyl sites for hydroxylation is 1. The second kappa shape index (κ2) is 6.98. The third-order valence-corrected chi connectivity index (χ3v) is 5.52. The third-order valence-electron chi connectivity index (χ3n) is 4.05. The summed E-state index contributed by atoms with van der Waals surface area (Å²) in [5.74, 6) is -2.22. The van der Waals surface area contributed by atoms with Crippen molar-refractivity contribution in [2.45, 2.75) is 37.1 Å². The van der Waals surface area contributed by atoms with Gasteiger partial charge in [0.05, 0.1) is 6.61 Å². The maximum absolute atomic E-state index is 14.4. The Bertz CT molecular complexity index is 686. The number of aliphatic hydroxyl groups is 1. The maximum Gasteiger partial charge on any atom is 0.358 e. The van der Waals surface area contributed by atoms with E-state index in [0.29, 0.717) is 6.42 Å². The van der Waals surface area contributed by atoms with E-state index in [2.05, 4.69) is 4.72 Å². The Balaban J connectivity index is 2.30. The lowest BCUT2D eigenvalue weighted by Crippen LogP contribution is -2.38. The van der Waals surface area contributed by atoms with Crippen LogP contribution in [-0.4, -0.2) is 43.3 Å². The summed E-state index contributed by atoms with van der Waals surface area (Å²) in [6.07, 6.45) is 3.15. The minimum Gasteiger partial charge on any atom is -0.461 e. The van der Waals surface area contributed by atoms with Crippen LogP contribution in [0, 0.1) is 11.7 Å². The van der Waals surface area contributed by atoms with E-state index in [4.69, 9.17) is 4.74 Å². The molecule has 2 atom stereocenters. The van der Waals surface area contributed by atoms with Crippen LogP contribution in [0.2, 0.25) is 0 Å². The van der Waals surface area contributed by atoms with Gasteiger partial charge in [0.1, 0.15) is 4.90 Å². The molecular weight excluding hydrogens is 327 g/mol. The molecule has 130 valence electrons. The molecule has 9 heteroatoms. The van der Waals surface area contributed by atoms with Crippen LogP contribution in [-0.2, 0) is 21.8 Å². The van der Waals surface area contributed by atoms with Gasteiger partial charge in [0.2, 0.25) is 10.0 Å². The fourth-order valence-electron chi connectivity index (χ4n) is 2.86. The highest BCUT2D eigenvalue weighted by Crippen LogP contribution is 2.28. The number of sulfonamides is 1. The number of carbonyl (C=O) groups is 1. The van der Waals surface area contributed by atoms with Crippen molar-refractivity contribution >= 4 is 16.0 Å². The number of rotatable bonds is 6. The Labute approximate surface area is 134 Å². The fourth-order valence-corrected chi connectivity index (χ4v) is 4.33. The first kappa shape index (κ1) is 17.9. The van der Waals surface area contributed by atoms with E-state index in [1.807, 2.05) is 0 Å². The molecule has 0 saturated heterocycles. The largest absolute Gasteiger partial charge is 0.461 e. The number of ether oxygens (including phenoxy) is 1. The first-order valence-corrected chi connectivity index (χ1v) is 8.95. The lowest BCUT2D eigenvalue weighted by atomic mass is 10.1. The summed E-state index contributed by atoms with van der Waals surface area (Å²) in [5, 5.41) is 9.26. The lowest BCUT2D eigenvalue weighted by molar-refractivity contribution is 0.0509. The topological polar surface area (TPSA) is 97.6 Å². The number of halogens is 1. The van der Waals surface area contributed by atoms with Gasteiger partial charge in [-0.1, -0.05) is 6.42 Å². The zero-order chi connectivity index (χ0) is 17.2. The van der Waals surface area contributed by atoms with Gasteiger partial charge in [-0.2, -0.15) is 0 Å². The van der Waals surface area contributed by atoms with E-state index in [9.17, 15) is 22.7 Å². The standard InChI is InChI=1S/C14H21FN2O5S/c1-3-22-14(19)13-12(15)11(7-17(13)2)23(20,21)16-10-6-4-5-9(10)8-18/h7,9-10,16,18H,3-6,8H2,1-2H3/t9-,10?/m0/s1. The van der Waals surface area contributed by atoms with Gasteiger partial charge in [-0.3, -0.25) is 0 Å². The Morgan fingerprint density at radius 2 is 2.22 bits per heavy atom. The highest BCUT2D eigenvalue weighted by atomic mass is 32.2. The molecule has 1 aromatic rings. The van der Waals surface area contributed by atoms with Crippen molar-refractivity contribution in [2.24, 2.45) is 13.0 Å². The summed E-state index contributed by atoms with van der Waals surface area (Å²) in [4.78, 5) is 11.1. The van der Waals surface area contributed by atoms with Gasteiger partial charge < -0.3 is 14.4 Å². The van der Waals surface area contributed by atoms with Crippen molar-refractivity contribution in [3.8, 4) is 0 Å². The molecule has 2 N–H and O–H groups in total. The Morgan fingerprint density at radius 3 is 2.83 bits per heavy atom. The number of esters is 1. The zero-order valence-electron chi connectivity index (χ0n) is 13.1. The SMILES string of the molecule is CCOC(=O)c1c(F)c(S(=O)(=O)NC2CCC[C@H]2CO)cn1C. The van der Waals surface area contributed by atoms with Crippen LogP contribution in [0.4, 0.5) is 4.39 Å². The average Bonchev–Trinajstić information content (AvgIpc) is 3.03. The number of hydrogen-bond donors (Lipinski definition) is 2. The van der Waals surface area contributed by atoms with Crippen molar-refractivity contribution in [1.82, 2.24) is 9.29 Å². The van der Waals surface area contributed by atoms with Gasteiger partial charge in [0, 0.05) is 25.9 Å². The summed E-state index contributed by atoms with van der Waals surface area (Å²) < 4.78 is 47.5. The van der Waals surface area contributed by atoms with Crippen LogP contribution < -0.4 is 4.72 Å². The van der Waals surface area contributed by atoms with E-state index in [0.717, 1.165) is 23.6 Å².